The molecule has 5 N–H and O–H groups in total. The van der Waals surface area contributed by atoms with Crippen molar-refractivity contribution < 1.29 is 63.8 Å². The lowest BCUT2D eigenvalue weighted by Gasteiger charge is -2.27. The molecule has 0 aliphatic carbocycles. The predicted octanol–water partition coefficient (Wildman–Crippen LogP) is 5.52. The van der Waals surface area contributed by atoms with Gasteiger partial charge in [0.2, 0.25) is 5.91 Å². The molecule has 0 bridgehead atoms. The number of methoxy groups -OCH3 is 2. The van der Waals surface area contributed by atoms with Gasteiger partial charge in [-0.15, -0.1) is 0 Å². The summed E-state index contributed by atoms with van der Waals surface area (Å²) in [5.74, 6) is -0.213. The largest absolute Gasteiger partial charge is 0.493 e. The highest BCUT2D eigenvalue weighted by Crippen LogP contribution is 2.46. The van der Waals surface area contributed by atoms with Gasteiger partial charge < -0.3 is 49.3 Å². The Hall–Kier alpha value is -3.80. The summed E-state index contributed by atoms with van der Waals surface area (Å²) in [5, 5.41) is 8.99. The first kappa shape index (κ1) is 49.6. The fourth-order valence-electron chi connectivity index (χ4n) is 7.98. The van der Waals surface area contributed by atoms with Crippen LogP contribution >= 0.6 is 28.7 Å². The van der Waals surface area contributed by atoms with Crippen LogP contribution in [-0.4, -0.2) is 140 Å². The van der Waals surface area contributed by atoms with Gasteiger partial charge in [0, 0.05) is 48.7 Å². The number of nitrogens with one attached hydrogen (secondary N) is 3. The average molecular weight is 988 g/mol. The number of carbonyl (C=O) groups is 3. The SMILES string of the molecule is C=C1C[C@@H]2C(OS(=O)O)Nc3cc(OCCP(=O)(CCOc4cc5c(cc4OC)C(=O)N4CC(=C)C[C@H]4C(OS(=O)O)N5)CNC(=O)CCC(C)(C)SSC)c(OC)cc3C(=O)N2C1. The van der Waals surface area contributed by atoms with Gasteiger partial charge in [-0.2, -0.15) is 8.42 Å². The summed E-state index contributed by atoms with van der Waals surface area (Å²) in [4.78, 5) is 43.7. The number of rotatable bonds is 21. The quantitative estimate of drug-likeness (QED) is 0.0448. The molecule has 0 saturated carbocycles. The van der Waals surface area contributed by atoms with Gasteiger partial charge in [-0.1, -0.05) is 45.9 Å². The predicted molar refractivity (Wildman–Crippen MR) is 247 cm³/mol. The summed E-state index contributed by atoms with van der Waals surface area (Å²) in [5.41, 5.74) is 2.49. The molecule has 19 nitrogen and oxygen atoms in total. The Kier molecular flexibility index (Phi) is 16.5. The highest BCUT2D eigenvalue weighted by Gasteiger charge is 2.44. The summed E-state index contributed by atoms with van der Waals surface area (Å²) in [7, 11) is 2.75. The molecule has 7 atom stereocenters. The summed E-state index contributed by atoms with van der Waals surface area (Å²) >= 11 is -5.31. The number of fused-ring (bicyclic) bond motifs is 4. The molecule has 4 heterocycles. The van der Waals surface area contributed by atoms with Crippen molar-refractivity contribution in [1.82, 2.24) is 15.1 Å². The minimum absolute atomic E-state index is 0.0263. The van der Waals surface area contributed by atoms with E-state index in [1.54, 1.807) is 21.6 Å². The lowest BCUT2D eigenvalue weighted by atomic mass is 10.1. The number of nitrogens with zero attached hydrogens (tertiary/aromatic N) is 2. The van der Waals surface area contributed by atoms with Crippen LogP contribution in [0.4, 0.5) is 11.4 Å². The smallest absolute Gasteiger partial charge is 0.304 e. The van der Waals surface area contributed by atoms with Crippen LogP contribution in [-0.2, 0) is 40.4 Å². The zero-order valence-corrected chi connectivity index (χ0v) is 40.2. The van der Waals surface area contributed by atoms with E-state index in [1.165, 1.54) is 48.3 Å². The van der Waals surface area contributed by atoms with Crippen LogP contribution in [0.5, 0.6) is 23.0 Å². The standard InChI is InChI=1S/C40H54N5O14PS4/c1-23-14-29-36(58-63(50)51)42-27-18-33(31(54-5)16-25(27)38(47)44(29)20-23)56-10-12-60(49,22-41-35(46)8-9-40(3,4)62-61-7)13-11-57-34-19-28-26(17-32(34)55-6)39(48)45-21-24(2)15-30(45)37(43-28)59-64(52)53/h16-19,29-30,36-37,42-43H,1-2,8-15,20-22H2,3-7H3,(H,41,46)(H,50,51)(H,52,53)/t29-,30+,36?,37?,60?. The third kappa shape index (κ3) is 12.0. The number of carbonyl (C=O) groups excluding carboxylic acids is 3. The second-order valence-corrected chi connectivity index (χ2v) is 23.9. The Labute approximate surface area is 385 Å². The van der Waals surface area contributed by atoms with E-state index in [-0.39, 0.29) is 119 Å². The number of amides is 3. The molecule has 0 aromatic heterocycles. The Morgan fingerprint density at radius 3 is 1.70 bits per heavy atom. The normalized spacial score (nSPS) is 22.4. The molecule has 352 valence electrons. The van der Waals surface area contributed by atoms with E-state index in [0.717, 1.165) is 11.1 Å². The van der Waals surface area contributed by atoms with Crippen molar-refractivity contribution in [3.05, 3.63) is 59.7 Å². The highest BCUT2D eigenvalue weighted by molar-refractivity contribution is 8.76. The molecular formula is C40H54N5O14PS4. The van der Waals surface area contributed by atoms with Gasteiger partial charge in [0.15, 0.2) is 35.5 Å². The van der Waals surface area contributed by atoms with Gasteiger partial charge in [0.1, 0.15) is 7.14 Å². The second kappa shape index (κ2) is 21.2. The first-order chi connectivity index (χ1) is 30.3. The Balaban J connectivity index is 1.20. The van der Waals surface area contributed by atoms with Gasteiger partial charge in [-0.05, 0) is 51.5 Å². The minimum Gasteiger partial charge on any atom is -0.493 e. The number of benzene rings is 2. The first-order valence-corrected chi connectivity index (χ1v) is 27.0. The van der Waals surface area contributed by atoms with Crippen LogP contribution in [0, 0.1) is 0 Å². The molecule has 4 aliphatic heterocycles. The van der Waals surface area contributed by atoms with Crippen LogP contribution < -0.4 is 34.9 Å². The molecule has 64 heavy (non-hydrogen) atoms. The van der Waals surface area contributed by atoms with Crippen LogP contribution in [0.15, 0.2) is 48.6 Å². The maximum absolute atomic E-state index is 14.8. The second-order valence-electron chi connectivity index (χ2n) is 16.2. The van der Waals surface area contributed by atoms with Crippen LogP contribution in [0.1, 0.15) is 60.2 Å². The fourth-order valence-corrected chi connectivity index (χ4v) is 12.8. The zero-order valence-electron chi connectivity index (χ0n) is 36.1. The molecule has 2 saturated heterocycles. The van der Waals surface area contributed by atoms with E-state index in [2.05, 4.69) is 29.1 Å². The molecule has 0 radical (unpaired) electrons. The van der Waals surface area contributed by atoms with E-state index < -0.39 is 54.4 Å². The number of hydrogen-bond acceptors (Lipinski definition) is 16. The summed E-state index contributed by atoms with van der Waals surface area (Å²) in [6.07, 6.45) is 1.15. The average Bonchev–Trinajstić information content (AvgIpc) is 3.78. The van der Waals surface area contributed by atoms with Crippen molar-refractivity contribution >= 4 is 80.5 Å². The molecular weight excluding hydrogens is 934 g/mol. The topological polar surface area (TPSA) is 241 Å². The number of ether oxygens (including phenoxy) is 4. The summed E-state index contributed by atoms with van der Waals surface area (Å²) in [6.45, 7) is 12.3. The maximum atomic E-state index is 14.8. The van der Waals surface area contributed by atoms with E-state index in [9.17, 15) is 36.5 Å². The zero-order chi connectivity index (χ0) is 46.5. The Bertz CT molecular complexity index is 2120. The van der Waals surface area contributed by atoms with Crippen molar-refractivity contribution in [2.45, 2.75) is 68.8 Å². The van der Waals surface area contributed by atoms with E-state index in [0.29, 0.717) is 19.3 Å². The molecule has 6 rings (SSSR count). The molecule has 24 heteroatoms. The van der Waals surface area contributed by atoms with Crippen molar-refractivity contribution in [3.8, 4) is 23.0 Å². The molecule has 2 aromatic carbocycles. The number of anilines is 2. The van der Waals surface area contributed by atoms with E-state index >= 15 is 0 Å². The van der Waals surface area contributed by atoms with Gasteiger partial charge in [-0.3, -0.25) is 23.5 Å². The third-order valence-electron chi connectivity index (χ3n) is 11.2. The lowest BCUT2D eigenvalue weighted by Crippen LogP contribution is -2.45. The molecule has 4 aliphatic rings. The van der Waals surface area contributed by atoms with Crippen molar-refractivity contribution in [3.63, 3.8) is 0 Å². The monoisotopic (exact) mass is 987 g/mol. The highest BCUT2D eigenvalue weighted by atomic mass is 33.1. The van der Waals surface area contributed by atoms with Gasteiger partial charge in [0.05, 0.1) is 68.3 Å². The van der Waals surface area contributed by atoms with Crippen molar-refractivity contribution in [2.75, 3.05) is 76.0 Å². The van der Waals surface area contributed by atoms with Crippen molar-refractivity contribution in [2.24, 2.45) is 0 Å². The molecule has 0 spiro atoms. The fraction of sp³-hybridized carbons (Fsp3) is 0.525. The van der Waals surface area contributed by atoms with Gasteiger partial charge in [0.25, 0.3) is 11.8 Å². The van der Waals surface area contributed by atoms with E-state index in [4.69, 9.17) is 27.3 Å². The van der Waals surface area contributed by atoms with Gasteiger partial charge >= 0.3 is 22.7 Å². The molecule has 2 aromatic rings. The Morgan fingerprint density at radius 2 is 1.30 bits per heavy atom. The Morgan fingerprint density at radius 1 is 0.844 bits per heavy atom. The van der Waals surface area contributed by atoms with Crippen LogP contribution in [0.2, 0.25) is 0 Å². The van der Waals surface area contributed by atoms with Crippen LogP contribution in [0.25, 0.3) is 0 Å². The molecule has 3 amide bonds. The first-order valence-electron chi connectivity index (χ1n) is 20.1. The van der Waals surface area contributed by atoms with E-state index in [1.807, 2.05) is 20.1 Å². The molecule has 5 unspecified atom stereocenters. The molecule has 2 fully saturated rings. The summed E-state index contributed by atoms with van der Waals surface area (Å²) in [6, 6.07) is 4.81. The van der Waals surface area contributed by atoms with Crippen molar-refractivity contribution in [1.29, 1.82) is 0 Å². The lowest BCUT2D eigenvalue weighted by molar-refractivity contribution is -0.121. The third-order valence-corrected chi connectivity index (χ3v) is 17.3. The van der Waals surface area contributed by atoms with Crippen LogP contribution in [0.3, 0.4) is 0 Å². The summed E-state index contributed by atoms with van der Waals surface area (Å²) < 4.78 is 91.5. The minimum atomic E-state index is -3.35. The maximum Gasteiger partial charge on any atom is 0.304 e. The number of hydrogen-bond donors (Lipinski definition) is 5. The van der Waals surface area contributed by atoms with Gasteiger partial charge in [-0.25, -0.2) is 8.37 Å².